The third-order valence-electron chi connectivity index (χ3n) is 4.03. The zero-order chi connectivity index (χ0) is 15.7. The first-order chi connectivity index (χ1) is 10.6. The Morgan fingerprint density at radius 3 is 2.73 bits per heavy atom. The molecule has 2 aromatic rings. The summed E-state index contributed by atoms with van der Waals surface area (Å²) < 4.78 is 0. The van der Waals surface area contributed by atoms with Crippen LogP contribution in [0.2, 0.25) is 0 Å². The number of hydrogen-bond donors (Lipinski definition) is 3. The summed E-state index contributed by atoms with van der Waals surface area (Å²) in [4.78, 5) is 18.1. The molecule has 0 bridgehead atoms. The van der Waals surface area contributed by atoms with Crippen LogP contribution in [0.5, 0.6) is 0 Å². The summed E-state index contributed by atoms with van der Waals surface area (Å²) in [6.07, 6.45) is 0.731. The molecule has 6 nitrogen and oxygen atoms in total. The van der Waals surface area contributed by atoms with Gasteiger partial charge < -0.3 is 20.4 Å². The lowest BCUT2D eigenvalue weighted by Gasteiger charge is -2.19. The zero-order valence-corrected chi connectivity index (χ0v) is 12.4. The molecule has 2 heterocycles. The number of rotatable bonds is 2. The molecule has 1 fully saturated rings. The van der Waals surface area contributed by atoms with Crippen molar-refractivity contribution >= 4 is 22.6 Å². The van der Waals surface area contributed by atoms with Gasteiger partial charge in [0.2, 0.25) is 0 Å². The summed E-state index contributed by atoms with van der Waals surface area (Å²) in [5.41, 5.74) is 2.58. The number of fused-ring (bicyclic) bond motifs is 1. The van der Waals surface area contributed by atoms with Gasteiger partial charge in [-0.2, -0.15) is 0 Å². The molecule has 1 aliphatic rings. The van der Waals surface area contributed by atoms with E-state index in [2.05, 4.69) is 10.3 Å². The van der Waals surface area contributed by atoms with E-state index in [4.69, 9.17) is 0 Å². The molecular weight excluding hydrogens is 282 g/mol. The standard InChI is InChI=1S/C16H19N3O3/c1-2-10-5-6-12-11(4-3-7-17-12)15(10)18-16(22)19-8-13(20)14(21)9-19/h3-7,13-14,20-21H,2,8-9H2,1H3,(H,18,22)/t13-,14-/m1/s1. The number of hydrogen-bond acceptors (Lipinski definition) is 4. The van der Waals surface area contributed by atoms with Gasteiger partial charge in [0.1, 0.15) is 0 Å². The van der Waals surface area contributed by atoms with E-state index >= 15 is 0 Å². The van der Waals surface area contributed by atoms with Crippen molar-refractivity contribution in [3.63, 3.8) is 0 Å². The van der Waals surface area contributed by atoms with Crippen LogP contribution in [0.4, 0.5) is 10.5 Å². The zero-order valence-electron chi connectivity index (χ0n) is 12.4. The van der Waals surface area contributed by atoms with Crippen molar-refractivity contribution in [1.29, 1.82) is 0 Å². The Morgan fingerprint density at radius 2 is 2.05 bits per heavy atom. The van der Waals surface area contributed by atoms with Crippen molar-refractivity contribution in [2.24, 2.45) is 0 Å². The highest BCUT2D eigenvalue weighted by Gasteiger charge is 2.32. The van der Waals surface area contributed by atoms with Crippen LogP contribution in [-0.2, 0) is 6.42 Å². The SMILES string of the molecule is CCc1ccc2ncccc2c1NC(=O)N1C[C@@H](O)[C@H](O)C1. The molecule has 2 amide bonds. The second kappa shape index (κ2) is 5.90. The second-order valence-electron chi connectivity index (χ2n) is 5.49. The molecule has 1 saturated heterocycles. The van der Waals surface area contributed by atoms with Crippen LogP contribution in [0.15, 0.2) is 30.5 Å². The van der Waals surface area contributed by atoms with E-state index in [0.29, 0.717) is 0 Å². The van der Waals surface area contributed by atoms with Gasteiger partial charge in [-0.25, -0.2) is 4.79 Å². The minimum Gasteiger partial charge on any atom is -0.388 e. The molecule has 0 spiro atoms. The fourth-order valence-corrected chi connectivity index (χ4v) is 2.76. The number of aliphatic hydroxyl groups is 2. The minimum absolute atomic E-state index is 0.136. The maximum atomic E-state index is 12.4. The number of anilines is 1. The van der Waals surface area contributed by atoms with Gasteiger partial charge in [0.05, 0.1) is 36.5 Å². The molecule has 1 aliphatic heterocycles. The number of aromatic nitrogens is 1. The molecule has 22 heavy (non-hydrogen) atoms. The molecule has 0 aliphatic carbocycles. The van der Waals surface area contributed by atoms with Crippen LogP contribution in [0.1, 0.15) is 12.5 Å². The van der Waals surface area contributed by atoms with E-state index in [9.17, 15) is 15.0 Å². The Labute approximate surface area is 128 Å². The number of benzene rings is 1. The van der Waals surface area contributed by atoms with Crippen LogP contribution < -0.4 is 5.32 Å². The first-order valence-electron chi connectivity index (χ1n) is 7.38. The summed E-state index contributed by atoms with van der Waals surface area (Å²) in [7, 11) is 0. The molecule has 3 rings (SSSR count). The van der Waals surface area contributed by atoms with E-state index in [1.165, 1.54) is 4.90 Å². The van der Waals surface area contributed by atoms with Crippen molar-refractivity contribution in [2.45, 2.75) is 25.6 Å². The van der Waals surface area contributed by atoms with E-state index < -0.39 is 12.2 Å². The van der Waals surface area contributed by atoms with Gasteiger partial charge in [-0.05, 0) is 30.2 Å². The third-order valence-corrected chi connectivity index (χ3v) is 4.03. The van der Waals surface area contributed by atoms with E-state index in [1.807, 2.05) is 31.2 Å². The summed E-state index contributed by atoms with van der Waals surface area (Å²) in [5.74, 6) is 0. The monoisotopic (exact) mass is 301 g/mol. The Bertz CT molecular complexity index is 694. The number of aliphatic hydroxyl groups excluding tert-OH is 2. The Kier molecular flexibility index (Phi) is 3.96. The molecule has 116 valence electrons. The first-order valence-corrected chi connectivity index (χ1v) is 7.38. The Hall–Kier alpha value is -2.18. The van der Waals surface area contributed by atoms with E-state index in [1.54, 1.807) is 6.20 Å². The number of amides is 2. The molecule has 6 heteroatoms. The van der Waals surface area contributed by atoms with Crippen LogP contribution >= 0.6 is 0 Å². The van der Waals surface area contributed by atoms with Gasteiger partial charge in [0, 0.05) is 11.6 Å². The molecule has 1 aromatic heterocycles. The number of nitrogens with one attached hydrogen (secondary N) is 1. The Morgan fingerprint density at radius 1 is 1.32 bits per heavy atom. The smallest absolute Gasteiger partial charge is 0.322 e. The number of carbonyl (C=O) groups is 1. The number of aryl methyl sites for hydroxylation is 1. The molecule has 0 unspecified atom stereocenters. The Balaban J connectivity index is 1.91. The quantitative estimate of drug-likeness (QED) is 0.782. The van der Waals surface area contributed by atoms with E-state index in [-0.39, 0.29) is 19.1 Å². The molecule has 3 N–H and O–H groups in total. The number of pyridine rings is 1. The van der Waals surface area contributed by atoms with Crippen LogP contribution in [0, 0.1) is 0 Å². The predicted octanol–water partition coefficient (Wildman–Crippen LogP) is 1.37. The normalized spacial score (nSPS) is 21.3. The van der Waals surface area contributed by atoms with Crippen molar-refractivity contribution in [3.8, 4) is 0 Å². The van der Waals surface area contributed by atoms with Crippen LogP contribution in [-0.4, -0.2) is 51.4 Å². The number of urea groups is 1. The molecule has 0 saturated carbocycles. The highest BCUT2D eigenvalue weighted by Crippen LogP contribution is 2.27. The summed E-state index contributed by atoms with van der Waals surface area (Å²) >= 11 is 0. The van der Waals surface area contributed by atoms with E-state index in [0.717, 1.165) is 28.6 Å². The van der Waals surface area contributed by atoms with Crippen molar-refractivity contribution < 1.29 is 15.0 Å². The van der Waals surface area contributed by atoms with Gasteiger partial charge in [-0.3, -0.25) is 4.98 Å². The lowest BCUT2D eigenvalue weighted by molar-refractivity contribution is 0.0572. The number of β-amino-alcohol motifs (C(OH)–C–C–N with tert-alkyl or cyclic N) is 2. The van der Waals surface area contributed by atoms with Crippen molar-refractivity contribution in [2.75, 3.05) is 18.4 Å². The largest absolute Gasteiger partial charge is 0.388 e. The molecule has 0 radical (unpaired) electrons. The van der Waals surface area contributed by atoms with Crippen LogP contribution in [0.25, 0.3) is 10.9 Å². The van der Waals surface area contributed by atoms with Gasteiger partial charge in [-0.1, -0.05) is 13.0 Å². The first kappa shape index (κ1) is 14.7. The van der Waals surface area contributed by atoms with Gasteiger partial charge >= 0.3 is 6.03 Å². The van der Waals surface area contributed by atoms with Gasteiger partial charge in [0.15, 0.2) is 0 Å². The summed E-state index contributed by atoms with van der Waals surface area (Å²) in [6, 6.07) is 7.33. The van der Waals surface area contributed by atoms with Crippen LogP contribution in [0.3, 0.4) is 0 Å². The lowest BCUT2D eigenvalue weighted by Crippen LogP contribution is -2.34. The second-order valence-corrected chi connectivity index (χ2v) is 5.49. The van der Waals surface area contributed by atoms with Gasteiger partial charge in [-0.15, -0.1) is 0 Å². The fraction of sp³-hybridized carbons (Fsp3) is 0.375. The van der Waals surface area contributed by atoms with Crippen molar-refractivity contribution in [1.82, 2.24) is 9.88 Å². The predicted molar refractivity (Wildman–Crippen MR) is 83.7 cm³/mol. The number of nitrogens with zero attached hydrogens (tertiary/aromatic N) is 2. The highest BCUT2D eigenvalue weighted by molar-refractivity contribution is 6.01. The average molecular weight is 301 g/mol. The third kappa shape index (κ3) is 2.63. The topological polar surface area (TPSA) is 85.7 Å². The molecule has 2 atom stereocenters. The van der Waals surface area contributed by atoms with Gasteiger partial charge in [0.25, 0.3) is 0 Å². The molecule has 1 aromatic carbocycles. The maximum Gasteiger partial charge on any atom is 0.322 e. The van der Waals surface area contributed by atoms with Crippen molar-refractivity contribution in [3.05, 3.63) is 36.0 Å². The average Bonchev–Trinajstić information content (AvgIpc) is 2.87. The number of carbonyl (C=O) groups excluding carboxylic acids is 1. The summed E-state index contributed by atoms with van der Waals surface area (Å²) in [5, 5.41) is 22.9. The summed E-state index contributed by atoms with van der Waals surface area (Å²) in [6.45, 7) is 2.30. The fourth-order valence-electron chi connectivity index (χ4n) is 2.76. The minimum atomic E-state index is -0.884. The maximum absolute atomic E-state index is 12.4. The number of likely N-dealkylation sites (tertiary alicyclic amines) is 1. The highest BCUT2D eigenvalue weighted by atomic mass is 16.3. The lowest BCUT2D eigenvalue weighted by atomic mass is 10.1. The molecular formula is C16H19N3O3.